The van der Waals surface area contributed by atoms with E-state index in [2.05, 4.69) is 17.2 Å². The summed E-state index contributed by atoms with van der Waals surface area (Å²) in [6.45, 7) is 0.699. The Morgan fingerprint density at radius 2 is 2.05 bits per heavy atom. The molecule has 2 rings (SSSR count). The quantitative estimate of drug-likeness (QED) is 0.663. The molecule has 1 amide bonds. The van der Waals surface area contributed by atoms with E-state index in [1.54, 1.807) is 11.3 Å². The number of nitrogens with one attached hydrogen (secondary N) is 1. The zero-order chi connectivity index (χ0) is 14.9. The maximum Gasteiger partial charge on any atom is 0.223 e. The zero-order valence-corrected chi connectivity index (χ0v) is 13.2. The predicted octanol–water partition coefficient (Wildman–Crippen LogP) is 3.07. The summed E-state index contributed by atoms with van der Waals surface area (Å²) >= 11 is 1.61. The smallest absolute Gasteiger partial charge is 0.223 e. The summed E-state index contributed by atoms with van der Waals surface area (Å²) < 4.78 is 0. The van der Waals surface area contributed by atoms with E-state index in [1.807, 2.05) is 12.1 Å². The lowest BCUT2D eigenvalue weighted by atomic mass is 9.99. The highest BCUT2D eigenvalue weighted by molar-refractivity contribution is 7.12. The van der Waals surface area contributed by atoms with Crippen LogP contribution in [0.25, 0.3) is 0 Å². The standard InChI is InChI=1S/C17H23NO2S/c19-12-6-5-9-15-10-11-16(21-15)13-18-17(20)14-7-3-1-2-4-8-14/h10-11,14,19H,1-4,6-8,12-13H2,(H,18,20). The Balaban J connectivity index is 1.79. The van der Waals surface area contributed by atoms with Crippen molar-refractivity contribution in [3.8, 4) is 11.8 Å². The van der Waals surface area contributed by atoms with E-state index in [1.165, 1.54) is 25.7 Å². The highest BCUT2D eigenvalue weighted by atomic mass is 32.1. The van der Waals surface area contributed by atoms with Crippen LogP contribution in [-0.4, -0.2) is 17.6 Å². The Morgan fingerprint density at radius 3 is 2.76 bits per heavy atom. The molecule has 1 aromatic rings. The SMILES string of the molecule is O=C(NCc1ccc(C#CCCO)s1)C1CCCCCC1. The molecule has 1 aliphatic carbocycles. The largest absolute Gasteiger partial charge is 0.395 e. The van der Waals surface area contributed by atoms with Crippen LogP contribution in [0.15, 0.2) is 12.1 Å². The number of carbonyl (C=O) groups is 1. The maximum atomic E-state index is 12.2. The fourth-order valence-electron chi connectivity index (χ4n) is 2.61. The minimum atomic E-state index is 0.0999. The number of thiophene rings is 1. The van der Waals surface area contributed by atoms with Crippen molar-refractivity contribution in [2.24, 2.45) is 5.92 Å². The van der Waals surface area contributed by atoms with Gasteiger partial charge in [0.15, 0.2) is 0 Å². The molecule has 1 aromatic heterocycles. The zero-order valence-electron chi connectivity index (χ0n) is 12.4. The van der Waals surface area contributed by atoms with Crippen molar-refractivity contribution >= 4 is 17.2 Å². The summed E-state index contributed by atoms with van der Waals surface area (Å²) in [5, 5.41) is 11.8. The van der Waals surface area contributed by atoms with Gasteiger partial charge in [0.25, 0.3) is 0 Å². The molecule has 0 radical (unpaired) electrons. The van der Waals surface area contributed by atoms with Gasteiger partial charge in [-0.05, 0) is 25.0 Å². The lowest BCUT2D eigenvalue weighted by molar-refractivity contribution is -0.125. The Labute approximate surface area is 130 Å². The molecule has 114 valence electrons. The number of hydrogen-bond acceptors (Lipinski definition) is 3. The summed E-state index contributed by atoms with van der Waals surface area (Å²) in [5.74, 6) is 6.34. The van der Waals surface area contributed by atoms with Crippen LogP contribution < -0.4 is 5.32 Å². The third-order valence-electron chi connectivity index (χ3n) is 3.77. The molecule has 1 heterocycles. The Kier molecular flexibility index (Phi) is 6.78. The lowest BCUT2D eigenvalue weighted by Crippen LogP contribution is -2.29. The number of amides is 1. The highest BCUT2D eigenvalue weighted by Crippen LogP contribution is 2.23. The molecule has 1 saturated carbocycles. The summed E-state index contributed by atoms with van der Waals surface area (Å²) in [6, 6.07) is 3.99. The van der Waals surface area contributed by atoms with Crippen LogP contribution in [0, 0.1) is 17.8 Å². The molecule has 0 unspecified atom stereocenters. The Hall–Kier alpha value is -1.31. The molecule has 0 spiro atoms. The van der Waals surface area contributed by atoms with Gasteiger partial charge in [-0.15, -0.1) is 11.3 Å². The molecule has 2 N–H and O–H groups in total. The van der Waals surface area contributed by atoms with Gasteiger partial charge in [0.1, 0.15) is 0 Å². The predicted molar refractivity (Wildman–Crippen MR) is 85.9 cm³/mol. The topological polar surface area (TPSA) is 49.3 Å². The van der Waals surface area contributed by atoms with E-state index in [0.717, 1.165) is 22.6 Å². The van der Waals surface area contributed by atoms with Gasteiger partial charge in [-0.2, -0.15) is 0 Å². The summed E-state index contributed by atoms with van der Waals surface area (Å²) in [4.78, 5) is 14.3. The van der Waals surface area contributed by atoms with Crippen LogP contribution in [-0.2, 0) is 11.3 Å². The van der Waals surface area contributed by atoms with E-state index < -0.39 is 0 Å². The third-order valence-corrected chi connectivity index (χ3v) is 4.77. The van der Waals surface area contributed by atoms with Crippen molar-refractivity contribution in [1.29, 1.82) is 0 Å². The fourth-order valence-corrected chi connectivity index (χ4v) is 3.43. The molecule has 0 saturated heterocycles. The Morgan fingerprint density at radius 1 is 1.29 bits per heavy atom. The molecular weight excluding hydrogens is 282 g/mol. The van der Waals surface area contributed by atoms with Crippen molar-refractivity contribution in [2.75, 3.05) is 6.61 Å². The van der Waals surface area contributed by atoms with E-state index in [4.69, 9.17) is 5.11 Å². The van der Waals surface area contributed by atoms with Gasteiger partial charge in [-0.25, -0.2) is 0 Å². The molecule has 0 atom stereocenters. The molecule has 21 heavy (non-hydrogen) atoms. The minimum absolute atomic E-state index is 0.0999. The van der Waals surface area contributed by atoms with Crippen LogP contribution >= 0.6 is 11.3 Å². The first kappa shape index (κ1) is 16.1. The molecule has 0 aromatic carbocycles. The van der Waals surface area contributed by atoms with E-state index in [9.17, 15) is 4.79 Å². The second-order valence-electron chi connectivity index (χ2n) is 5.45. The first-order valence-corrected chi connectivity index (χ1v) is 8.57. The second kappa shape index (κ2) is 8.86. The van der Waals surface area contributed by atoms with E-state index in [0.29, 0.717) is 13.0 Å². The highest BCUT2D eigenvalue weighted by Gasteiger charge is 2.19. The van der Waals surface area contributed by atoms with Gasteiger partial charge < -0.3 is 10.4 Å². The number of aliphatic hydroxyl groups is 1. The molecule has 3 nitrogen and oxygen atoms in total. The fraction of sp³-hybridized carbons (Fsp3) is 0.588. The molecule has 0 aliphatic heterocycles. The van der Waals surface area contributed by atoms with Gasteiger partial charge in [0.2, 0.25) is 5.91 Å². The van der Waals surface area contributed by atoms with Gasteiger partial charge >= 0.3 is 0 Å². The summed E-state index contributed by atoms with van der Waals surface area (Å²) in [5.41, 5.74) is 0. The van der Waals surface area contributed by atoms with E-state index in [-0.39, 0.29) is 18.4 Å². The molecule has 1 aliphatic rings. The lowest BCUT2D eigenvalue weighted by Gasteiger charge is -2.13. The monoisotopic (exact) mass is 305 g/mol. The molecule has 1 fully saturated rings. The van der Waals surface area contributed by atoms with Gasteiger partial charge in [-0.3, -0.25) is 4.79 Å². The van der Waals surface area contributed by atoms with E-state index >= 15 is 0 Å². The second-order valence-corrected chi connectivity index (χ2v) is 6.62. The molecule has 0 bridgehead atoms. The number of aliphatic hydroxyl groups excluding tert-OH is 1. The Bertz CT molecular complexity index is 504. The van der Waals surface area contributed by atoms with Crippen LogP contribution in [0.2, 0.25) is 0 Å². The van der Waals surface area contributed by atoms with Crippen LogP contribution in [0.4, 0.5) is 0 Å². The third kappa shape index (κ3) is 5.53. The maximum absolute atomic E-state index is 12.2. The summed E-state index contributed by atoms with van der Waals surface area (Å²) in [6.07, 6.45) is 7.48. The number of hydrogen-bond donors (Lipinski definition) is 2. The molecular formula is C17H23NO2S. The van der Waals surface area contributed by atoms with Crippen molar-refractivity contribution < 1.29 is 9.90 Å². The van der Waals surface area contributed by atoms with Crippen molar-refractivity contribution in [2.45, 2.75) is 51.5 Å². The van der Waals surface area contributed by atoms with Crippen molar-refractivity contribution in [3.05, 3.63) is 21.9 Å². The van der Waals surface area contributed by atoms with Crippen molar-refractivity contribution in [1.82, 2.24) is 5.32 Å². The number of carbonyl (C=O) groups excluding carboxylic acids is 1. The van der Waals surface area contributed by atoms with Gasteiger partial charge in [0.05, 0.1) is 18.0 Å². The van der Waals surface area contributed by atoms with Gasteiger partial charge in [-0.1, -0.05) is 37.5 Å². The minimum Gasteiger partial charge on any atom is -0.395 e. The van der Waals surface area contributed by atoms with Crippen LogP contribution in [0.1, 0.15) is 54.7 Å². The van der Waals surface area contributed by atoms with Crippen LogP contribution in [0.5, 0.6) is 0 Å². The first-order chi connectivity index (χ1) is 10.3. The number of rotatable bonds is 4. The summed E-state index contributed by atoms with van der Waals surface area (Å²) in [7, 11) is 0. The average Bonchev–Trinajstić information content (AvgIpc) is 2.77. The average molecular weight is 305 g/mol. The van der Waals surface area contributed by atoms with Crippen LogP contribution in [0.3, 0.4) is 0 Å². The first-order valence-electron chi connectivity index (χ1n) is 7.76. The van der Waals surface area contributed by atoms with Gasteiger partial charge in [0, 0.05) is 17.2 Å². The normalized spacial score (nSPS) is 15.9. The molecule has 4 heteroatoms. The van der Waals surface area contributed by atoms with Crippen molar-refractivity contribution in [3.63, 3.8) is 0 Å².